The zero-order valence-electron chi connectivity index (χ0n) is 9.26. The minimum atomic E-state index is -4.51. The van der Waals surface area contributed by atoms with Crippen LogP contribution in [0.4, 0.5) is 13.2 Å². The van der Waals surface area contributed by atoms with Crippen molar-refractivity contribution in [2.75, 3.05) is 0 Å². The molecule has 0 saturated carbocycles. The maximum Gasteiger partial charge on any atom is 0.416 e. The van der Waals surface area contributed by atoms with Crippen LogP contribution in [-0.2, 0) is 6.18 Å². The number of ether oxygens (including phenoxy) is 1. The van der Waals surface area contributed by atoms with E-state index in [-0.39, 0.29) is 15.8 Å². The first-order chi connectivity index (χ1) is 8.88. The van der Waals surface area contributed by atoms with Gasteiger partial charge in [-0.3, -0.25) is 0 Å². The van der Waals surface area contributed by atoms with E-state index in [0.717, 1.165) is 12.1 Å². The van der Waals surface area contributed by atoms with E-state index in [2.05, 4.69) is 6.07 Å². The lowest BCUT2D eigenvalue weighted by Crippen LogP contribution is -2.05. The quantitative estimate of drug-likeness (QED) is 0.701. The third-order valence-corrected chi connectivity index (χ3v) is 2.79. The third kappa shape index (κ3) is 3.33. The summed E-state index contributed by atoms with van der Waals surface area (Å²) in [6, 6.07) is 10.7. The zero-order chi connectivity index (χ0) is 14.0. The van der Waals surface area contributed by atoms with Gasteiger partial charge in [-0.25, -0.2) is 0 Å². The van der Waals surface area contributed by atoms with Gasteiger partial charge in [0.05, 0.1) is 15.6 Å². The fourth-order valence-electron chi connectivity index (χ4n) is 1.38. The number of rotatable bonds is 2. The Balaban J connectivity index is 2.38. The van der Waals surface area contributed by atoms with E-state index < -0.39 is 11.7 Å². The van der Waals surface area contributed by atoms with E-state index in [9.17, 15) is 13.2 Å². The van der Waals surface area contributed by atoms with Crippen LogP contribution in [0.2, 0.25) is 10.0 Å². The van der Waals surface area contributed by atoms with Crippen molar-refractivity contribution in [2.45, 2.75) is 6.18 Å². The van der Waals surface area contributed by atoms with Gasteiger partial charge in [0.25, 0.3) is 0 Å². The van der Waals surface area contributed by atoms with Gasteiger partial charge < -0.3 is 4.74 Å². The van der Waals surface area contributed by atoms with Crippen molar-refractivity contribution in [3.8, 4) is 11.5 Å². The first-order valence-corrected chi connectivity index (χ1v) is 5.84. The average Bonchev–Trinajstić information content (AvgIpc) is 2.33. The van der Waals surface area contributed by atoms with Crippen molar-refractivity contribution in [3.63, 3.8) is 0 Å². The topological polar surface area (TPSA) is 9.23 Å². The highest BCUT2D eigenvalue weighted by atomic mass is 35.5. The largest absolute Gasteiger partial charge is 0.454 e. The maximum absolute atomic E-state index is 12.5. The Labute approximate surface area is 117 Å². The normalized spacial score (nSPS) is 11.4. The lowest BCUT2D eigenvalue weighted by atomic mass is 10.2. The lowest BCUT2D eigenvalue weighted by Gasteiger charge is -2.13. The summed E-state index contributed by atoms with van der Waals surface area (Å²) in [5.41, 5.74) is -0.920. The molecule has 0 heterocycles. The molecule has 0 spiro atoms. The highest BCUT2D eigenvalue weighted by molar-refractivity contribution is 6.37. The Morgan fingerprint density at radius 2 is 1.53 bits per heavy atom. The molecule has 0 N–H and O–H groups in total. The van der Waals surface area contributed by atoms with Crippen molar-refractivity contribution in [2.24, 2.45) is 0 Å². The van der Waals surface area contributed by atoms with Gasteiger partial charge in [-0.15, -0.1) is 0 Å². The molecular weight excluding hydrogens is 300 g/mol. The van der Waals surface area contributed by atoms with Gasteiger partial charge in [-0.05, 0) is 30.3 Å². The molecule has 0 amide bonds. The average molecular weight is 306 g/mol. The molecule has 1 radical (unpaired) electrons. The molecule has 6 heteroatoms. The molecule has 1 nitrogen and oxygen atoms in total. The first-order valence-electron chi connectivity index (χ1n) is 5.08. The second kappa shape index (κ2) is 5.31. The van der Waals surface area contributed by atoms with Crippen LogP contribution in [0.15, 0.2) is 36.4 Å². The molecule has 0 aliphatic heterocycles. The van der Waals surface area contributed by atoms with Crippen molar-refractivity contribution in [3.05, 3.63) is 58.1 Å². The summed E-state index contributed by atoms with van der Waals surface area (Å²) in [7, 11) is 0. The zero-order valence-corrected chi connectivity index (χ0v) is 10.8. The highest BCUT2D eigenvalue weighted by Gasteiger charge is 2.32. The molecule has 0 bridgehead atoms. The molecule has 0 saturated heterocycles. The summed E-state index contributed by atoms with van der Waals surface area (Å²) in [4.78, 5) is 0. The molecule has 0 unspecified atom stereocenters. The van der Waals surface area contributed by atoms with E-state index in [1.54, 1.807) is 24.3 Å². The predicted molar refractivity (Wildman–Crippen MR) is 66.8 cm³/mol. The fourth-order valence-corrected chi connectivity index (χ4v) is 1.94. The van der Waals surface area contributed by atoms with Gasteiger partial charge in [-0.2, -0.15) is 13.2 Å². The molecule has 2 aromatic rings. The summed E-state index contributed by atoms with van der Waals surface area (Å²) < 4.78 is 43.0. The van der Waals surface area contributed by atoms with E-state index in [4.69, 9.17) is 27.9 Å². The van der Waals surface area contributed by atoms with Gasteiger partial charge >= 0.3 is 6.18 Å². The SMILES string of the molecule is FC(F)(F)c1cc(Cl)c(Oc2cc[c]cc2)c(Cl)c1. The molecule has 0 aromatic heterocycles. The molecule has 2 aromatic carbocycles. The Bertz CT molecular complexity index is 559. The lowest BCUT2D eigenvalue weighted by molar-refractivity contribution is -0.137. The van der Waals surface area contributed by atoms with Crippen LogP contribution in [0.3, 0.4) is 0 Å². The standard InChI is InChI=1S/C13H6Cl2F3O/c14-10-6-8(13(16,17)18)7-11(15)12(10)19-9-4-2-1-3-5-9/h2-7H. The van der Waals surface area contributed by atoms with Gasteiger partial charge in [-0.1, -0.05) is 35.3 Å². The van der Waals surface area contributed by atoms with Crippen LogP contribution in [0.1, 0.15) is 5.56 Å². The van der Waals surface area contributed by atoms with Crippen molar-refractivity contribution >= 4 is 23.2 Å². The highest BCUT2D eigenvalue weighted by Crippen LogP contribution is 2.41. The Kier molecular flexibility index (Phi) is 3.92. The molecule has 2 rings (SSSR count). The minimum Gasteiger partial charge on any atom is -0.454 e. The van der Waals surface area contributed by atoms with Crippen molar-refractivity contribution in [1.29, 1.82) is 0 Å². The van der Waals surface area contributed by atoms with Gasteiger partial charge in [0.15, 0.2) is 5.75 Å². The maximum atomic E-state index is 12.5. The smallest absolute Gasteiger partial charge is 0.416 e. The number of alkyl halides is 3. The van der Waals surface area contributed by atoms with Crippen LogP contribution in [0, 0.1) is 6.07 Å². The summed E-state index contributed by atoms with van der Waals surface area (Å²) in [6.07, 6.45) is -4.51. The monoisotopic (exact) mass is 305 g/mol. The first kappa shape index (κ1) is 14.0. The Morgan fingerprint density at radius 3 is 2.00 bits per heavy atom. The predicted octanol–water partition coefficient (Wildman–Crippen LogP) is 5.60. The van der Waals surface area contributed by atoms with Gasteiger partial charge in [0, 0.05) is 0 Å². The van der Waals surface area contributed by atoms with E-state index in [0.29, 0.717) is 5.75 Å². The van der Waals surface area contributed by atoms with Crippen LogP contribution in [-0.4, -0.2) is 0 Å². The summed E-state index contributed by atoms with van der Waals surface area (Å²) >= 11 is 11.5. The third-order valence-electron chi connectivity index (χ3n) is 2.23. The molecule has 99 valence electrons. The van der Waals surface area contributed by atoms with Gasteiger partial charge in [0.2, 0.25) is 0 Å². The number of benzene rings is 2. The van der Waals surface area contributed by atoms with Crippen molar-refractivity contribution < 1.29 is 17.9 Å². The minimum absolute atomic E-state index is 0.0115. The molecule has 0 atom stereocenters. The van der Waals surface area contributed by atoms with Crippen LogP contribution in [0.25, 0.3) is 0 Å². The number of hydrogen-bond donors (Lipinski definition) is 0. The molecule has 0 aliphatic carbocycles. The molecular formula is C13H6Cl2F3O. The molecule has 19 heavy (non-hydrogen) atoms. The van der Waals surface area contributed by atoms with E-state index in [1.165, 1.54) is 0 Å². The second-order valence-corrected chi connectivity index (χ2v) is 4.42. The number of halogens is 5. The molecule has 0 fully saturated rings. The van der Waals surface area contributed by atoms with Crippen LogP contribution >= 0.6 is 23.2 Å². The van der Waals surface area contributed by atoms with E-state index >= 15 is 0 Å². The Morgan fingerprint density at radius 1 is 1.00 bits per heavy atom. The summed E-state index contributed by atoms with van der Waals surface area (Å²) in [6.45, 7) is 0. The van der Waals surface area contributed by atoms with Gasteiger partial charge in [0.1, 0.15) is 5.75 Å². The van der Waals surface area contributed by atoms with Crippen LogP contribution < -0.4 is 4.74 Å². The summed E-state index contributed by atoms with van der Waals surface area (Å²) in [5.74, 6) is 0.393. The Hall–Kier alpha value is -1.39. The second-order valence-electron chi connectivity index (χ2n) is 3.60. The number of hydrogen-bond acceptors (Lipinski definition) is 1. The molecule has 0 aliphatic rings. The summed E-state index contributed by atoms with van der Waals surface area (Å²) in [5, 5.41) is -0.402. The van der Waals surface area contributed by atoms with E-state index in [1.807, 2.05) is 0 Å². The van der Waals surface area contributed by atoms with Crippen LogP contribution in [0.5, 0.6) is 11.5 Å². The fraction of sp³-hybridized carbons (Fsp3) is 0.0769. The van der Waals surface area contributed by atoms with Crippen molar-refractivity contribution in [1.82, 2.24) is 0 Å².